The maximum Gasteiger partial charge on any atom is 0.333 e. The molecule has 1 atom stereocenters. The number of benzene rings is 1. The highest BCUT2D eigenvalue weighted by Gasteiger charge is 2.47. The average molecular weight is 308 g/mol. The molecule has 1 fully saturated rings. The Bertz CT molecular complexity index is 828. The number of rotatable bonds is 3. The quantitative estimate of drug-likeness (QED) is 0.802. The zero-order valence-corrected chi connectivity index (χ0v) is 12.5. The Kier molecular flexibility index (Phi) is 3.04. The van der Waals surface area contributed by atoms with Gasteiger partial charge in [-0.3, -0.25) is 9.67 Å². The van der Waals surface area contributed by atoms with Crippen molar-refractivity contribution in [3.8, 4) is 0 Å². The summed E-state index contributed by atoms with van der Waals surface area (Å²) in [5.41, 5.74) is 0.762. The van der Waals surface area contributed by atoms with Crippen LogP contribution in [0.2, 0.25) is 0 Å². The summed E-state index contributed by atoms with van der Waals surface area (Å²) < 4.78 is 1.63. The lowest BCUT2D eigenvalue weighted by Crippen LogP contribution is -2.45. The number of nitrogens with zero attached hydrogens (tertiary/aromatic N) is 4. The maximum absolute atomic E-state index is 12.1. The topological polar surface area (TPSA) is 71.2 Å². The maximum atomic E-state index is 12.1. The number of carboxylic acids is 1. The van der Waals surface area contributed by atoms with E-state index in [-0.39, 0.29) is 0 Å². The highest BCUT2D eigenvalue weighted by molar-refractivity contribution is 5.82. The van der Waals surface area contributed by atoms with E-state index in [9.17, 15) is 9.90 Å². The van der Waals surface area contributed by atoms with Gasteiger partial charge < -0.3 is 10.0 Å². The Morgan fingerprint density at radius 3 is 2.70 bits per heavy atom. The van der Waals surface area contributed by atoms with Gasteiger partial charge in [-0.05, 0) is 18.2 Å². The van der Waals surface area contributed by atoms with Gasteiger partial charge in [0.2, 0.25) is 0 Å². The van der Waals surface area contributed by atoms with Crippen LogP contribution in [0.1, 0.15) is 6.42 Å². The summed E-state index contributed by atoms with van der Waals surface area (Å²) in [5.74, 6) is -0.845. The van der Waals surface area contributed by atoms with Crippen LogP contribution >= 0.6 is 0 Å². The Morgan fingerprint density at radius 2 is 1.96 bits per heavy atom. The second-order valence-corrected chi connectivity index (χ2v) is 5.85. The normalized spacial score (nSPS) is 21.0. The Morgan fingerprint density at radius 1 is 1.17 bits per heavy atom. The summed E-state index contributed by atoms with van der Waals surface area (Å²) in [6.45, 7) is 1.06. The first kappa shape index (κ1) is 13.8. The van der Waals surface area contributed by atoms with Gasteiger partial charge in [-0.2, -0.15) is 5.10 Å². The largest absolute Gasteiger partial charge is 0.479 e. The molecule has 0 aliphatic carbocycles. The molecule has 3 aromatic rings. The van der Waals surface area contributed by atoms with Crippen molar-refractivity contribution in [2.75, 3.05) is 18.0 Å². The summed E-state index contributed by atoms with van der Waals surface area (Å²) in [5, 5.41) is 15.4. The van der Waals surface area contributed by atoms with E-state index in [1.165, 1.54) is 0 Å². The third-order valence-corrected chi connectivity index (χ3v) is 4.53. The van der Waals surface area contributed by atoms with Crippen LogP contribution < -0.4 is 4.90 Å². The molecule has 0 spiro atoms. The van der Waals surface area contributed by atoms with Crippen molar-refractivity contribution >= 4 is 22.6 Å². The molecule has 3 heterocycles. The smallest absolute Gasteiger partial charge is 0.333 e. The van der Waals surface area contributed by atoms with E-state index in [2.05, 4.69) is 15.0 Å². The molecule has 0 saturated carbocycles. The fourth-order valence-corrected chi connectivity index (χ4v) is 3.21. The van der Waals surface area contributed by atoms with Crippen molar-refractivity contribution in [3.05, 3.63) is 55.0 Å². The number of pyridine rings is 1. The zero-order chi connectivity index (χ0) is 15.9. The molecule has 0 amide bonds. The lowest BCUT2D eigenvalue weighted by molar-refractivity contribution is -0.146. The summed E-state index contributed by atoms with van der Waals surface area (Å²) in [6, 6.07) is 11.5. The molecule has 6 heteroatoms. The third-order valence-electron chi connectivity index (χ3n) is 4.53. The number of hydrogen-bond donors (Lipinski definition) is 1. The van der Waals surface area contributed by atoms with Gasteiger partial charge in [-0.1, -0.05) is 18.2 Å². The van der Waals surface area contributed by atoms with Gasteiger partial charge in [-0.25, -0.2) is 4.79 Å². The van der Waals surface area contributed by atoms with E-state index >= 15 is 0 Å². The SMILES string of the molecule is O=C(O)C1(n2cc3ccccc3n2)CCN(c2ccncc2)C1. The van der Waals surface area contributed by atoms with Crippen LogP contribution in [0.15, 0.2) is 55.0 Å². The van der Waals surface area contributed by atoms with Crippen molar-refractivity contribution in [3.63, 3.8) is 0 Å². The van der Waals surface area contributed by atoms with Gasteiger partial charge >= 0.3 is 5.97 Å². The lowest BCUT2D eigenvalue weighted by atomic mass is 9.99. The van der Waals surface area contributed by atoms with Crippen LogP contribution in [0.5, 0.6) is 0 Å². The molecule has 6 nitrogen and oxygen atoms in total. The highest BCUT2D eigenvalue weighted by atomic mass is 16.4. The summed E-state index contributed by atoms with van der Waals surface area (Å²) >= 11 is 0. The van der Waals surface area contributed by atoms with E-state index in [4.69, 9.17) is 0 Å². The predicted octanol–water partition coefficient (Wildman–Crippen LogP) is 2.12. The molecule has 0 radical (unpaired) electrons. The van der Waals surface area contributed by atoms with Crippen LogP contribution in [0.3, 0.4) is 0 Å². The second-order valence-electron chi connectivity index (χ2n) is 5.85. The molecule has 1 saturated heterocycles. The lowest BCUT2D eigenvalue weighted by Gasteiger charge is -2.26. The number of anilines is 1. The molecule has 1 aromatic carbocycles. The zero-order valence-electron chi connectivity index (χ0n) is 12.5. The van der Waals surface area contributed by atoms with Gasteiger partial charge in [0.25, 0.3) is 0 Å². The molecular weight excluding hydrogens is 292 g/mol. The fraction of sp³-hybridized carbons (Fsp3) is 0.235. The van der Waals surface area contributed by atoms with Gasteiger partial charge in [0.15, 0.2) is 5.54 Å². The summed E-state index contributed by atoms with van der Waals surface area (Å²) in [7, 11) is 0. The number of carboxylic acid groups (broad SMARTS) is 1. The van der Waals surface area contributed by atoms with Crippen molar-refractivity contribution in [2.24, 2.45) is 0 Å². The molecule has 1 N–H and O–H groups in total. The minimum absolute atomic E-state index is 0.389. The van der Waals surface area contributed by atoms with Crippen LogP contribution in [-0.4, -0.2) is 38.9 Å². The molecule has 1 aliphatic rings. The molecular formula is C17H16N4O2. The summed E-state index contributed by atoms with van der Waals surface area (Å²) in [6.07, 6.45) is 5.79. The first-order valence-electron chi connectivity index (χ1n) is 7.52. The molecule has 0 bridgehead atoms. The minimum atomic E-state index is -1.04. The third kappa shape index (κ3) is 2.14. The minimum Gasteiger partial charge on any atom is -0.479 e. The monoisotopic (exact) mass is 308 g/mol. The molecule has 116 valence electrons. The number of hydrogen-bond acceptors (Lipinski definition) is 4. The van der Waals surface area contributed by atoms with Gasteiger partial charge in [-0.15, -0.1) is 0 Å². The first-order valence-corrected chi connectivity index (χ1v) is 7.52. The molecule has 2 aromatic heterocycles. The van der Waals surface area contributed by atoms with Crippen molar-refractivity contribution in [1.29, 1.82) is 0 Å². The summed E-state index contributed by atoms with van der Waals surface area (Å²) in [4.78, 5) is 18.2. The van der Waals surface area contributed by atoms with E-state index < -0.39 is 11.5 Å². The van der Waals surface area contributed by atoms with E-state index in [0.29, 0.717) is 19.5 Å². The number of carbonyl (C=O) groups is 1. The average Bonchev–Trinajstić information content (AvgIpc) is 3.21. The number of fused-ring (bicyclic) bond motifs is 1. The van der Waals surface area contributed by atoms with Crippen LogP contribution in [-0.2, 0) is 10.3 Å². The Hall–Kier alpha value is -2.89. The predicted molar refractivity (Wildman–Crippen MR) is 86.4 cm³/mol. The Labute approximate surface area is 133 Å². The standard InChI is InChI=1S/C17H16N4O2/c22-16(23)17(21-11-13-3-1-2-4-15(13)19-21)7-10-20(12-17)14-5-8-18-9-6-14/h1-6,8-9,11H,7,10,12H2,(H,22,23). The van der Waals surface area contributed by atoms with Gasteiger partial charge in [0.05, 0.1) is 12.1 Å². The molecule has 1 unspecified atom stereocenters. The fourth-order valence-electron chi connectivity index (χ4n) is 3.21. The number of aromatic nitrogens is 3. The number of aliphatic carboxylic acids is 1. The molecule has 4 rings (SSSR count). The van der Waals surface area contributed by atoms with Crippen molar-refractivity contribution in [1.82, 2.24) is 14.8 Å². The van der Waals surface area contributed by atoms with Crippen molar-refractivity contribution in [2.45, 2.75) is 12.0 Å². The molecule has 1 aliphatic heterocycles. The van der Waals surface area contributed by atoms with Gasteiger partial charge in [0, 0.05) is 42.6 Å². The van der Waals surface area contributed by atoms with E-state index in [1.54, 1.807) is 17.1 Å². The molecule has 23 heavy (non-hydrogen) atoms. The first-order chi connectivity index (χ1) is 11.2. The van der Waals surface area contributed by atoms with Crippen LogP contribution in [0.25, 0.3) is 10.9 Å². The Balaban J connectivity index is 1.75. The van der Waals surface area contributed by atoms with Crippen LogP contribution in [0.4, 0.5) is 5.69 Å². The van der Waals surface area contributed by atoms with Gasteiger partial charge in [0.1, 0.15) is 0 Å². The van der Waals surface area contributed by atoms with Crippen LogP contribution in [0, 0.1) is 0 Å². The van der Waals surface area contributed by atoms with E-state index in [0.717, 1.165) is 16.6 Å². The van der Waals surface area contributed by atoms with Crippen molar-refractivity contribution < 1.29 is 9.90 Å². The van der Waals surface area contributed by atoms with E-state index in [1.807, 2.05) is 42.6 Å². The second kappa shape index (κ2) is 5.08. The highest BCUT2D eigenvalue weighted by Crippen LogP contribution is 2.33.